The maximum atomic E-state index is 5.46. The zero-order chi connectivity index (χ0) is 22.0. The van der Waals surface area contributed by atoms with Crippen molar-refractivity contribution in [2.45, 2.75) is 6.54 Å². The third kappa shape index (κ3) is 4.23. The van der Waals surface area contributed by atoms with Gasteiger partial charge in [0.15, 0.2) is 5.82 Å². The first kappa shape index (κ1) is 20.4. The van der Waals surface area contributed by atoms with E-state index in [0.717, 1.165) is 61.1 Å². The van der Waals surface area contributed by atoms with Gasteiger partial charge in [-0.2, -0.15) is 0 Å². The van der Waals surface area contributed by atoms with Gasteiger partial charge in [-0.15, -0.1) is 11.3 Å². The van der Waals surface area contributed by atoms with Crippen molar-refractivity contribution in [1.29, 1.82) is 0 Å². The molecule has 0 aliphatic carbocycles. The molecule has 0 bridgehead atoms. The predicted octanol–water partition coefficient (Wildman–Crippen LogP) is 5.39. The van der Waals surface area contributed by atoms with Gasteiger partial charge in [0.05, 0.1) is 23.4 Å². The van der Waals surface area contributed by atoms with Crippen molar-refractivity contribution in [3.8, 4) is 10.4 Å². The molecule has 1 aliphatic heterocycles. The van der Waals surface area contributed by atoms with Crippen LogP contribution in [-0.4, -0.2) is 52.3 Å². The van der Waals surface area contributed by atoms with E-state index in [9.17, 15) is 0 Å². The molecule has 4 heterocycles. The molecule has 1 fully saturated rings. The molecule has 6 nitrogen and oxygen atoms in total. The van der Waals surface area contributed by atoms with Crippen LogP contribution in [0.5, 0.6) is 0 Å². The summed E-state index contributed by atoms with van der Waals surface area (Å²) in [6.45, 7) is 5.77. The maximum Gasteiger partial charge on any atom is 0.151 e. The second-order valence-corrected chi connectivity index (χ2v) is 9.33. The highest BCUT2D eigenvalue weighted by molar-refractivity contribution is 7.22. The third-order valence-electron chi connectivity index (χ3n) is 6.16. The van der Waals surface area contributed by atoms with Crippen molar-refractivity contribution < 1.29 is 4.74 Å². The molecule has 0 spiro atoms. The maximum absolute atomic E-state index is 5.46. The number of hydrogen-bond donors (Lipinski definition) is 1. The first-order valence-corrected chi connectivity index (χ1v) is 12.1. The van der Waals surface area contributed by atoms with E-state index >= 15 is 0 Å². The summed E-state index contributed by atoms with van der Waals surface area (Å²) in [6, 6.07) is 21.3. The molecule has 33 heavy (non-hydrogen) atoms. The lowest BCUT2D eigenvalue weighted by Gasteiger charge is -2.26. The zero-order valence-electron chi connectivity index (χ0n) is 18.3. The average molecular weight is 456 g/mol. The average Bonchev–Trinajstić information content (AvgIpc) is 3.49. The molecule has 1 saturated heterocycles. The van der Waals surface area contributed by atoms with Crippen LogP contribution in [0.2, 0.25) is 0 Å². The number of aromatic nitrogens is 3. The molecule has 166 valence electrons. The second kappa shape index (κ2) is 8.94. The van der Waals surface area contributed by atoms with E-state index in [-0.39, 0.29) is 0 Å². The zero-order valence-corrected chi connectivity index (χ0v) is 19.1. The van der Waals surface area contributed by atoms with E-state index in [1.54, 1.807) is 17.7 Å². The van der Waals surface area contributed by atoms with Gasteiger partial charge in [-0.1, -0.05) is 30.3 Å². The van der Waals surface area contributed by atoms with E-state index in [4.69, 9.17) is 4.74 Å². The Bertz CT molecular complexity index is 1390. The Balaban J connectivity index is 1.23. The molecular weight excluding hydrogens is 430 g/mol. The highest BCUT2D eigenvalue weighted by Crippen LogP contribution is 2.36. The van der Waals surface area contributed by atoms with E-state index < -0.39 is 0 Å². The largest absolute Gasteiger partial charge is 0.379 e. The molecule has 0 amide bonds. The number of thiophene rings is 1. The molecular formula is C26H25N5OS. The number of nitrogens with one attached hydrogen (secondary N) is 1. The molecule has 7 heteroatoms. The Morgan fingerprint density at radius 3 is 2.70 bits per heavy atom. The lowest BCUT2D eigenvalue weighted by molar-refractivity contribution is 0.0365. The van der Waals surface area contributed by atoms with E-state index in [0.29, 0.717) is 0 Å². The fourth-order valence-electron chi connectivity index (χ4n) is 4.37. The molecule has 1 aliphatic rings. The molecule has 6 rings (SSSR count). The number of benzene rings is 2. The van der Waals surface area contributed by atoms with Crippen LogP contribution in [0, 0.1) is 0 Å². The van der Waals surface area contributed by atoms with Gasteiger partial charge in [-0.3, -0.25) is 4.90 Å². The van der Waals surface area contributed by atoms with E-state index in [1.165, 1.54) is 21.3 Å². The number of fused-ring (bicyclic) bond motifs is 2. The van der Waals surface area contributed by atoms with Gasteiger partial charge < -0.3 is 14.6 Å². The summed E-state index contributed by atoms with van der Waals surface area (Å²) < 4.78 is 8.86. The molecule has 5 aromatic rings. The third-order valence-corrected chi connectivity index (χ3v) is 7.34. The Labute approximate surface area is 196 Å². The molecule has 0 saturated carbocycles. The lowest BCUT2D eigenvalue weighted by atomic mass is 10.2. The normalized spacial score (nSPS) is 14.8. The minimum Gasteiger partial charge on any atom is -0.379 e. The smallest absolute Gasteiger partial charge is 0.151 e. The minimum atomic E-state index is 0.842. The molecule has 0 radical (unpaired) electrons. The van der Waals surface area contributed by atoms with Crippen molar-refractivity contribution in [2.75, 3.05) is 38.2 Å². The topological polar surface area (TPSA) is 55.2 Å². The van der Waals surface area contributed by atoms with Crippen LogP contribution in [0.25, 0.3) is 31.6 Å². The van der Waals surface area contributed by atoms with Crippen molar-refractivity contribution in [3.05, 3.63) is 73.2 Å². The first-order valence-electron chi connectivity index (χ1n) is 11.3. The standard InChI is InChI=1S/C26H25N5OS/c1-2-4-19(5-3-1)24-17-22-25(33-24)26(28-18-27-22)29-21-6-7-23-20(16-21)8-9-31(23)11-10-30-12-14-32-15-13-30/h1-9,16-18H,10-15H2,(H,27,28,29). The van der Waals surface area contributed by atoms with Crippen LogP contribution < -0.4 is 5.32 Å². The van der Waals surface area contributed by atoms with Crippen LogP contribution in [0.4, 0.5) is 11.5 Å². The Kier molecular flexibility index (Phi) is 5.51. The van der Waals surface area contributed by atoms with Gasteiger partial charge in [0, 0.05) is 53.8 Å². The summed E-state index contributed by atoms with van der Waals surface area (Å²) in [4.78, 5) is 12.7. The van der Waals surface area contributed by atoms with Crippen molar-refractivity contribution >= 4 is 44.0 Å². The van der Waals surface area contributed by atoms with Crippen molar-refractivity contribution in [1.82, 2.24) is 19.4 Å². The number of rotatable bonds is 6. The summed E-state index contributed by atoms with van der Waals surface area (Å²) in [7, 11) is 0. The summed E-state index contributed by atoms with van der Waals surface area (Å²) in [5.41, 5.74) is 4.45. The van der Waals surface area contributed by atoms with Crippen molar-refractivity contribution in [3.63, 3.8) is 0 Å². The van der Waals surface area contributed by atoms with Gasteiger partial charge >= 0.3 is 0 Å². The number of ether oxygens (including phenoxy) is 1. The minimum absolute atomic E-state index is 0.842. The molecule has 1 N–H and O–H groups in total. The first-order chi connectivity index (χ1) is 16.3. The van der Waals surface area contributed by atoms with Crippen LogP contribution >= 0.6 is 11.3 Å². The molecule has 0 unspecified atom stereocenters. The lowest BCUT2D eigenvalue weighted by Crippen LogP contribution is -2.38. The molecule has 3 aromatic heterocycles. The van der Waals surface area contributed by atoms with Crippen LogP contribution in [0.3, 0.4) is 0 Å². The quantitative estimate of drug-likeness (QED) is 0.372. The fourth-order valence-corrected chi connectivity index (χ4v) is 5.43. The van der Waals surface area contributed by atoms with Gasteiger partial charge in [-0.05, 0) is 35.9 Å². The van der Waals surface area contributed by atoms with Crippen LogP contribution in [0.15, 0.2) is 73.2 Å². The predicted molar refractivity (Wildman–Crippen MR) is 135 cm³/mol. The molecule has 2 aromatic carbocycles. The van der Waals surface area contributed by atoms with Gasteiger partial charge in [-0.25, -0.2) is 9.97 Å². The second-order valence-electron chi connectivity index (χ2n) is 8.28. The monoisotopic (exact) mass is 455 g/mol. The Hall–Kier alpha value is -3.26. The number of nitrogens with zero attached hydrogens (tertiary/aromatic N) is 4. The summed E-state index contributed by atoms with van der Waals surface area (Å²) in [5, 5.41) is 4.75. The Morgan fingerprint density at radius 1 is 0.939 bits per heavy atom. The summed E-state index contributed by atoms with van der Waals surface area (Å²) in [5.74, 6) is 0.846. The van der Waals surface area contributed by atoms with Crippen molar-refractivity contribution in [2.24, 2.45) is 0 Å². The van der Waals surface area contributed by atoms with E-state index in [1.807, 2.05) is 6.07 Å². The highest BCUT2D eigenvalue weighted by Gasteiger charge is 2.13. The van der Waals surface area contributed by atoms with Crippen LogP contribution in [-0.2, 0) is 11.3 Å². The van der Waals surface area contributed by atoms with Crippen LogP contribution in [0.1, 0.15) is 0 Å². The SMILES string of the molecule is c1ccc(-c2cc3ncnc(Nc4ccc5c(ccn5CCN5CCOCC5)c4)c3s2)cc1. The van der Waals surface area contributed by atoms with Gasteiger partial charge in [0.1, 0.15) is 6.33 Å². The molecule has 0 atom stereocenters. The summed E-state index contributed by atoms with van der Waals surface area (Å²) in [6.07, 6.45) is 3.82. The van der Waals surface area contributed by atoms with E-state index in [2.05, 4.69) is 85.5 Å². The highest BCUT2D eigenvalue weighted by atomic mass is 32.1. The number of morpholine rings is 1. The number of anilines is 2. The Morgan fingerprint density at radius 2 is 1.82 bits per heavy atom. The van der Waals surface area contributed by atoms with Gasteiger partial charge in [0.2, 0.25) is 0 Å². The number of hydrogen-bond acceptors (Lipinski definition) is 6. The summed E-state index contributed by atoms with van der Waals surface area (Å²) >= 11 is 1.72. The van der Waals surface area contributed by atoms with Gasteiger partial charge in [0.25, 0.3) is 0 Å². The fraction of sp³-hybridized carbons (Fsp3) is 0.231.